The average molecular weight is 424 g/mol. The fourth-order valence-electron chi connectivity index (χ4n) is 2.45. The molecule has 0 aliphatic heterocycles. The number of esters is 1. The predicted octanol–water partition coefficient (Wildman–Crippen LogP) is 3.93. The number of carbonyl (C=O) groups excluding carboxylic acids is 1. The van der Waals surface area contributed by atoms with E-state index in [0.29, 0.717) is 21.9 Å². The van der Waals surface area contributed by atoms with Gasteiger partial charge in [-0.2, -0.15) is 0 Å². The van der Waals surface area contributed by atoms with E-state index >= 15 is 0 Å². The van der Waals surface area contributed by atoms with Crippen molar-refractivity contribution in [2.75, 3.05) is 13.7 Å². The summed E-state index contributed by atoms with van der Waals surface area (Å²) in [6.07, 6.45) is 1.31. The number of hydrogen-bond donors (Lipinski definition) is 1. The third-order valence-corrected chi connectivity index (χ3v) is 5.15. The predicted molar refractivity (Wildman–Crippen MR) is 110 cm³/mol. The molecule has 0 saturated heterocycles. The first kappa shape index (κ1) is 21.9. The van der Waals surface area contributed by atoms with Gasteiger partial charge in [-0.3, -0.25) is 4.79 Å². The van der Waals surface area contributed by atoms with Crippen molar-refractivity contribution in [3.8, 4) is 5.75 Å². The third kappa shape index (κ3) is 6.99. The summed E-state index contributed by atoms with van der Waals surface area (Å²) in [6.45, 7) is 1.91. The zero-order valence-electron chi connectivity index (χ0n) is 15.6. The summed E-state index contributed by atoms with van der Waals surface area (Å²) in [5, 5.41) is 1.61. The molecule has 0 bridgehead atoms. The van der Waals surface area contributed by atoms with E-state index in [2.05, 4.69) is 4.72 Å². The van der Waals surface area contributed by atoms with E-state index < -0.39 is 22.0 Å². The highest BCUT2D eigenvalue weighted by Gasteiger charge is 2.22. The minimum atomic E-state index is -3.83. The smallest absolute Gasteiger partial charge is 0.307 e. The summed E-state index contributed by atoms with van der Waals surface area (Å²) in [7, 11) is -2.32. The van der Waals surface area contributed by atoms with Crippen molar-refractivity contribution < 1.29 is 22.7 Å². The van der Waals surface area contributed by atoms with E-state index in [1.807, 2.05) is 0 Å². The van der Waals surface area contributed by atoms with Crippen molar-refractivity contribution >= 4 is 33.7 Å². The number of carbonyl (C=O) groups is 1. The Kier molecular flexibility index (Phi) is 8.04. The van der Waals surface area contributed by atoms with Crippen LogP contribution in [0.1, 0.15) is 30.5 Å². The summed E-state index contributed by atoms with van der Waals surface area (Å²) in [5.74, 6) is 0.0574. The molecule has 0 spiro atoms. The number of methoxy groups -OCH3 is 1. The van der Waals surface area contributed by atoms with E-state index in [0.717, 1.165) is 5.41 Å². The number of benzene rings is 2. The van der Waals surface area contributed by atoms with Gasteiger partial charge in [0.1, 0.15) is 5.75 Å². The first-order chi connectivity index (χ1) is 13.3. The van der Waals surface area contributed by atoms with Gasteiger partial charge in [0.05, 0.1) is 26.2 Å². The van der Waals surface area contributed by atoms with Crippen LogP contribution in [0.3, 0.4) is 0 Å². The highest BCUT2D eigenvalue weighted by molar-refractivity contribution is 7.92. The van der Waals surface area contributed by atoms with Crippen LogP contribution >= 0.6 is 11.6 Å². The Balaban J connectivity index is 2.23. The third-order valence-electron chi connectivity index (χ3n) is 3.79. The molecular formula is C20H22ClNO5S. The topological polar surface area (TPSA) is 81.7 Å². The molecule has 150 valence electrons. The van der Waals surface area contributed by atoms with E-state index in [1.165, 1.54) is 13.2 Å². The highest BCUT2D eigenvalue weighted by atomic mass is 35.5. The number of sulfonamides is 1. The molecule has 0 fully saturated rings. The summed E-state index contributed by atoms with van der Waals surface area (Å²) in [5.41, 5.74) is 1.27. The molecule has 0 aliphatic rings. The maximum absolute atomic E-state index is 12.5. The van der Waals surface area contributed by atoms with Crippen molar-refractivity contribution in [3.05, 3.63) is 70.1 Å². The molecule has 28 heavy (non-hydrogen) atoms. The normalized spacial score (nSPS) is 12.7. The second-order valence-corrected chi connectivity index (χ2v) is 7.89. The minimum Gasteiger partial charge on any atom is -0.497 e. The Hall–Kier alpha value is -2.35. The summed E-state index contributed by atoms with van der Waals surface area (Å²) in [4.78, 5) is 12.0. The molecule has 2 rings (SSSR count). The number of ether oxygens (including phenoxy) is 2. The Bertz CT molecular complexity index is 926. The number of halogens is 1. The first-order valence-electron chi connectivity index (χ1n) is 8.58. The Morgan fingerprint density at radius 3 is 2.57 bits per heavy atom. The SMILES string of the molecule is CCOC(=O)CC(NS(=O)(=O)/C=C/c1ccc(Cl)cc1)c1cccc(OC)c1. The summed E-state index contributed by atoms with van der Waals surface area (Å²) >= 11 is 5.83. The van der Waals surface area contributed by atoms with Gasteiger partial charge in [-0.15, -0.1) is 0 Å². The lowest BCUT2D eigenvalue weighted by Gasteiger charge is -2.18. The average Bonchev–Trinajstić information content (AvgIpc) is 2.67. The van der Waals surface area contributed by atoms with Crippen LogP contribution < -0.4 is 9.46 Å². The standard InChI is InChI=1S/C20H22ClNO5S/c1-3-27-20(23)14-19(16-5-4-6-18(13-16)26-2)22-28(24,25)12-11-15-7-9-17(21)10-8-15/h4-13,19,22H,3,14H2,1-2H3/b12-11+. The van der Waals surface area contributed by atoms with Crippen LogP contribution in [0.25, 0.3) is 6.08 Å². The monoisotopic (exact) mass is 423 g/mol. The minimum absolute atomic E-state index is 0.144. The van der Waals surface area contributed by atoms with Gasteiger partial charge in [0.25, 0.3) is 0 Å². The summed E-state index contributed by atoms with van der Waals surface area (Å²) in [6, 6.07) is 12.8. The zero-order valence-corrected chi connectivity index (χ0v) is 17.2. The summed E-state index contributed by atoms with van der Waals surface area (Å²) < 4.78 is 37.8. The van der Waals surface area contributed by atoms with Gasteiger partial charge in [-0.25, -0.2) is 13.1 Å². The van der Waals surface area contributed by atoms with Gasteiger partial charge in [-0.05, 0) is 48.4 Å². The largest absolute Gasteiger partial charge is 0.497 e. The molecule has 1 unspecified atom stereocenters. The molecule has 0 aliphatic carbocycles. The van der Waals surface area contributed by atoms with Gasteiger partial charge in [0, 0.05) is 10.4 Å². The van der Waals surface area contributed by atoms with E-state index in [-0.39, 0.29) is 13.0 Å². The Labute approximate surface area is 170 Å². The first-order valence-corrected chi connectivity index (χ1v) is 10.5. The van der Waals surface area contributed by atoms with Crippen molar-refractivity contribution in [2.24, 2.45) is 0 Å². The van der Waals surface area contributed by atoms with Crippen LogP contribution in [-0.2, 0) is 19.6 Å². The van der Waals surface area contributed by atoms with Crippen LogP contribution in [0.2, 0.25) is 5.02 Å². The molecule has 0 saturated carbocycles. The van der Waals surface area contributed by atoms with Crippen molar-refractivity contribution in [3.63, 3.8) is 0 Å². The lowest BCUT2D eigenvalue weighted by molar-refractivity contribution is -0.143. The molecule has 1 N–H and O–H groups in total. The van der Waals surface area contributed by atoms with Crippen LogP contribution in [0, 0.1) is 0 Å². The van der Waals surface area contributed by atoms with Gasteiger partial charge >= 0.3 is 5.97 Å². The molecule has 0 radical (unpaired) electrons. The Morgan fingerprint density at radius 2 is 1.93 bits per heavy atom. The lowest BCUT2D eigenvalue weighted by atomic mass is 10.0. The maximum Gasteiger partial charge on any atom is 0.307 e. The van der Waals surface area contributed by atoms with Crippen molar-refractivity contribution in [1.29, 1.82) is 0 Å². The maximum atomic E-state index is 12.5. The second kappa shape index (κ2) is 10.3. The fraction of sp³-hybridized carbons (Fsp3) is 0.250. The number of nitrogens with one attached hydrogen (secondary N) is 1. The number of rotatable bonds is 9. The van der Waals surface area contributed by atoms with Crippen molar-refractivity contribution in [1.82, 2.24) is 4.72 Å². The highest BCUT2D eigenvalue weighted by Crippen LogP contribution is 2.23. The van der Waals surface area contributed by atoms with E-state index in [9.17, 15) is 13.2 Å². The molecule has 0 aromatic heterocycles. The fourth-order valence-corrected chi connectivity index (χ4v) is 3.61. The van der Waals surface area contributed by atoms with Gasteiger partial charge in [0.15, 0.2) is 0 Å². The quantitative estimate of drug-likeness (QED) is 0.618. The molecule has 8 heteroatoms. The molecule has 0 heterocycles. The molecule has 6 nitrogen and oxygen atoms in total. The van der Waals surface area contributed by atoms with Crippen molar-refractivity contribution in [2.45, 2.75) is 19.4 Å². The lowest BCUT2D eigenvalue weighted by Crippen LogP contribution is -2.29. The molecule has 1 atom stereocenters. The Morgan fingerprint density at radius 1 is 1.21 bits per heavy atom. The van der Waals surface area contributed by atoms with Crippen LogP contribution in [0.15, 0.2) is 53.9 Å². The molecular weight excluding hydrogens is 402 g/mol. The molecule has 0 amide bonds. The van der Waals surface area contributed by atoms with Gasteiger partial charge < -0.3 is 9.47 Å². The van der Waals surface area contributed by atoms with Gasteiger partial charge in [0.2, 0.25) is 10.0 Å². The second-order valence-electron chi connectivity index (χ2n) is 5.86. The zero-order chi connectivity index (χ0) is 20.6. The van der Waals surface area contributed by atoms with E-state index in [4.69, 9.17) is 21.1 Å². The molecule has 2 aromatic rings. The van der Waals surface area contributed by atoms with Crippen LogP contribution in [0.5, 0.6) is 5.75 Å². The number of hydrogen-bond acceptors (Lipinski definition) is 5. The van der Waals surface area contributed by atoms with E-state index in [1.54, 1.807) is 55.5 Å². The van der Waals surface area contributed by atoms with Gasteiger partial charge in [-0.1, -0.05) is 35.9 Å². The van der Waals surface area contributed by atoms with Crippen LogP contribution in [-0.4, -0.2) is 28.1 Å². The van der Waals surface area contributed by atoms with Crippen LogP contribution in [0.4, 0.5) is 0 Å². The molecule has 2 aromatic carbocycles.